The fourth-order valence-corrected chi connectivity index (χ4v) is 1.99. The smallest absolute Gasteiger partial charge is 0.255 e. The summed E-state index contributed by atoms with van der Waals surface area (Å²) in [5, 5.41) is 2.70. The second-order valence-electron chi connectivity index (χ2n) is 5.76. The molecule has 0 unspecified atom stereocenters. The Morgan fingerprint density at radius 3 is 2.25 bits per heavy atom. The first-order valence-electron chi connectivity index (χ1n) is 6.54. The second kappa shape index (κ2) is 5.45. The van der Waals surface area contributed by atoms with Crippen molar-refractivity contribution in [2.45, 2.75) is 26.2 Å². The predicted octanol–water partition coefficient (Wildman–Crippen LogP) is 4.38. The van der Waals surface area contributed by atoms with Crippen LogP contribution in [-0.2, 0) is 5.41 Å². The van der Waals surface area contributed by atoms with Crippen LogP contribution in [0.5, 0.6) is 0 Å². The van der Waals surface area contributed by atoms with Gasteiger partial charge in [-0.15, -0.1) is 0 Å². The molecule has 0 bridgehead atoms. The monoisotopic (exact) mass is 271 g/mol. The fourth-order valence-electron chi connectivity index (χ4n) is 1.99. The first-order chi connectivity index (χ1) is 9.38. The van der Waals surface area contributed by atoms with Gasteiger partial charge < -0.3 is 5.32 Å². The van der Waals surface area contributed by atoms with E-state index < -0.39 is 0 Å². The Bertz CT molecular complexity index is 615. The van der Waals surface area contributed by atoms with Crippen molar-refractivity contribution in [2.24, 2.45) is 0 Å². The predicted molar refractivity (Wildman–Crippen MR) is 79.5 cm³/mol. The second-order valence-corrected chi connectivity index (χ2v) is 5.76. The van der Waals surface area contributed by atoms with Gasteiger partial charge in [0.2, 0.25) is 0 Å². The number of carbonyl (C=O) groups is 1. The molecule has 0 fully saturated rings. The lowest BCUT2D eigenvalue weighted by atomic mass is 9.86. The van der Waals surface area contributed by atoms with Crippen molar-refractivity contribution in [3.63, 3.8) is 0 Å². The lowest BCUT2D eigenvalue weighted by molar-refractivity contribution is 0.102. The van der Waals surface area contributed by atoms with E-state index in [1.807, 2.05) is 26.8 Å². The Morgan fingerprint density at radius 1 is 1.05 bits per heavy atom. The van der Waals surface area contributed by atoms with Crippen LogP contribution in [0.25, 0.3) is 0 Å². The van der Waals surface area contributed by atoms with Crippen LogP contribution in [0.4, 0.5) is 10.1 Å². The molecule has 0 aliphatic heterocycles. The summed E-state index contributed by atoms with van der Waals surface area (Å²) in [6.45, 7) is 5.86. The zero-order valence-electron chi connectivity index (χ0n) is 11.9. The van der Waals surface area contributed by atoms with Crippen molar-refractivity contribution < 1.29 is 9.18 Å². The van der Waals surface area contributed by atoms with Crippen LogP contribution in [0.1, 0.15) is 36.7 Å². The van der Waals surface area contributed by atoms with Crippen LogP contribution >= 0.6 is 0 Å². The number of anilines is 1. The molecule has 0 radical (unpaired) electrons. The molecule has 0 heterocycles. The number of amides is 1. The molecule has 0 saturated carbocycles. The maximum Gasteiger partial charge on any atom is 0.255 e. The van der Waals surface area contributed by atoms with E-state index in [1.165, 1.54) is 6.07 Å². The summed E-state index contributed by atoms with van der Waals surface area (Å²) in [6, 6.07) is 13.7. The van der Waals surface area contributed by atoms with Crippen LogP contribution in [0.2, 0.25) is 0 Å². The molecule has 2 aromatic rings. The maximum absolute atomic E-state index is 14.0. The summed E-state index contributed by atoms with van der Waals surface area (Å²) in [5.41, 5.74) is 1.39. The first-order valence-corrected chi connectivity index (χ1v) is 6.54. The molecule has 1 amide bonds. The fraction of sp³-hybridized carbons (Fsp3) is 0.235. The van der Waals surface area contributed by atoms with E-state index in [0.717, 1.165) is 0 Å². The number of benzene rings is 2. The number of rotatable bonds is 2. The third kappa shape index (κ3) is 3.23. The average molecular weight is 271 g/mol. The molecule has 1 N–H and O–H groups in total. The molecule has 104 valence electrons. The van der Waals surface area contributed by atoms with Gasteiger partial charge in [-0.2, -0.15) is 0 Å². The summed E-state index contributed by atoms with van der Waals surface area (Å²) in [6.07, 6.45) is 0. The Labute approximate surface area is 118 Å². The molecule has 20 heavy (non-hydrogen) atoms. The standard InChI is InChI=1S/C17H18FNO/c1-17(2,3)14-10-9-13(11-15(14)18)19-16(20)12-7-5-4-6-8-12/h4-11H,1-3H3,(H,19,20). The molecular formula is C17H18FNO. The van der Waals surface area contributed by atoms with E-state index in [4.69, 9.17) is 0 Å². The lowest BCUT2D eigenvalue weighted by Crippen LogP contribution is -2.15. The van der Waals surface area contributed by atoms with Gasteiger partial charge in [0.1, 0.15) is 5.82 Å². The number of carbonyl (C=O) groups excluding carboxylic acids is 1. The highest BCUT2D eigenvalue weighted by Crippen LogP contribution is 2.27. The van der Waals surface area contributed by atoms with E-state index >= 15 is 0 Å². The van der Waals surface area contributed by atoms with Crippen molar-refractivity contribution in [1.82, 2.24) is 0 Å². The van der Waals surface area contributed by atoms with Gasteiger partial charge in [-0.25, -0.2) is 4.39 Å². The zero-order chi connectivity index (χ0) is 14.8. The minimum Gasteiger partial charge on any atom is -0.322 e. The molecule has 0 aliphatic carbocycles. The van der Waals surface area contributed by atoms with Crippen molar-refractivity contribution in [2.75, 3.05) is 5.32 Å². The molecule has 0 aromatic heterocycles. The van der Waals surface area contributed by atoms with Crippen molar-refractivity contribution in [3.05, 3.63) is 65.5 Å². The SMILES string of the molecule is CC(C)(C)c1ccc(NC(=O)c2ccccc2)cc1F. The molecule has 2 rings (SSSR count). The van der Waals surface area contributed by atoms with Gasteiger partial charge in [0.05, 0.1) is 0 Å². The molecule has 2 nitrogen and oxygen atoms in total. The van der Waals surface area contributed by atoms with E-state index in [2.05, 4.69) is 5.32 Å². The molecular weight excluding hydrogens is 253 g/mol. The van der Waals surface area contributed by atoms with Crippen LogP contribution in [0.15, 0.2) is 48.5 Å². The van der Waals surface area contributed by atoms with E-state index in [1.54, 1.807) is 36.4 Å². The summed E-state index contributed by atoms with van der Waals surface area (Å²) in [7, 11) is 0. The summed E-state index contributed by atoms with van der Waals surface area (Å²) in [5.74, 6) is -0.545. The van der Waals surface area contributed by atoms with Crippen LogP contribution < -0.4 is 5.32 Å². The quantitative estimate of drug-likeness (QED) is 0.863. The molecule has 3 heteroatoms. The van der Waals surface area contributed by atoms with E-state index in [-0.39, 0.29) is 17.1 Å². The number of hydrogen-bond acceptors (Lipinski definition) is 1. The summed E-state index contributed by atoms with van der Waals surface area (Å²) < 4.78 is 14.0. The van der Waals surface area contributed by atoms with Gasteiger partial charge in [0.25, 0.3) is 5.91 Å². The van der Waals surface area contributed by atoms with Crippen LogP contribution in [-0.4, -0.2) is 5.91 Å². The normalized spacial score (nSPS) is 11.2. The average Bonchev–Trinajstić information content (AvgIpc) is 2.38. The van der Waals surface area contributed by atoms with Crippen molar-refractivity contribution in [1.29, 1.82) is 0 Å². The summed E-state index contributed by atoms with van der Waals surface area (Å²) in [4.78, 5) is 12.0. The van der Waals surface area contributed by atoms with Gasteiger partial charge in [-0.1, -0.05) is 45.0 Å². The Hall–Kier alpha value is -2.16. The van der Waals surface area contributed by atoms with Crippen LogP contribution in [0.3, 0.4) is 0 Å². The zero-order valence-corrected chi connectivity index (χ0v) is 11.9. The molecule has 0 atom stereocenters. The van der Waals surface area contributed by atoms with Gasteiger partial charge >= 0.3 is 0 Å². The van der Waals surface area contributed by atoms with E-state index in [0.29, 0.717) is 16.8 Å². The molecule has 0 aliphatic rings. The lowest BCUT2D eigenvalue weighted by Gasteiger charge is -2.20. The highest BCUT2D eigenvalue weighted by molar-refractivity contribution is 6.04. The number of halogens is 1. The Morgan fingerprint density at radius 2 is 1.70 bits per heavy atom. The highest BCUT2D eigenvalue weighted by Gasteiger charge is 2.18. The third-order valence-electron chi connectivity index (χ3n) is 3.07. The Kier molecular flexibility index (Phi) is 3.89. The maximum atomic E-state index is 14.0. The molecule has 0 saturated heterocycles. The van der Waals surface area contributed by atoms with Crippen molar-refractivity contribution in [3.8, 4) is 0 Å². The highest BCUT2D eigenvalue weighted by atomic mass is 19.1. The van der Waals surface area contributed by atoms with Crippen molar-refractivity contribution >= 4 is 11.6 Å². The largest absolute Gasteiger partial charge is 0.322 e. The van der Waals surface area contributed by atoms with Crippen LogP contribution in [0, 0.1) is 5.82 Å². The first kappa shape index (κ1) is 14.3. The van der Waals surface area contributed by atoms with E-state index in [9.17, 15) is 9.18 Å². The minimum atomic E-state index is -0.302. The van der Waals surface area contributed by atoms with Gasteiger partial charge in [0.15, 0.2) is 0 Å². The molecule has 2 aromatic carbocycles. The third-order valence-corrected chi connectivity index (χ3v) is 3.07. The topological polar surface area (TPSA) is 29.1 Å². The molecule has 0 spiro atoms. The number of nitrogens with one attached hydrogen (secondary N) is 1. The number of hydrogen-bond donors (Lipinski definition) is 1. The Balaban J connectivity index is 2.20. The van der Waals surface area contributed by atoms with Gasteiger partial charge in [-0.05, 0) is 35.2 Å². The minimum absolute atomic E-state index is 0.242. The summed E-state index contributed by atoms with van der Waals surface area (Å²) >= 11 is 0. The van der Waals surface area contributed by atoms with Gasteiger partial charge in [-0.3, -0.25) is 4.79 Å². The van der Waals surface area contributed by atoms with Gasteiger partial charge in [0, 0.05) is 11.3 Å².